The van der Waals surface area contributed by atoms with E-state index < -0.39 is 17.0 Å². The number of carbonyl (C=O) groups is 1. The van der Waals surface area contributed by atoms with Crippen LogP contribution >= 0.6 is 11.8 Å². The van der Waals surface area contributed by atoms with Crippen LogP contribution in [0.1, 0.15) is 30.0 Å². The predicted octanol–water partition coefficient (Wildman–Crippen LogP) is 4.71. The fourth-order valence-electron chi connectivity index (χ4n) is 2.75. The molecule has 0 bridgehead atoms. The summed E-state index contributed by atoms with van der Waals surface area (Å²) in [4.78, 5) is 16.1. The smallest absolute Gasteiger partial charge is 0.325 e. The van der Waals surface area contributed by atoms with Crippen molar-refractivity contribution in [2.45, 2.75) is 42.6 Å². The van der Waals surface area contributed by atoms with Crippen LogP contribution in [-0.2, 0) is 23.8 Å². The lowest BCUT2D eigenvalue weighted by molar-refractivity contribution is -0.137. The number of nitrogens with one attached hydrogen (secondary N) is 1. The van der Waals surface area contributed by atoms with Gasteiger partial charge < -0.3 is 5.32 Å². The number of rotatable bonds is 4. The minimum atomic E-state index is -4.41. The van der Waals surface area contributed by atoms with Gasteiger partial charge in [0.1, 0.15) is 0 Å². The summed E-state index contributed by atoms with van der Waals surface area (Å²) in [6.07, 6.45) is -0.382. The zero-order valence-electron chi connectivity index (χ0n) is 13.6. The number of halogens is 3. The molecule has 0 radical (unpaired) electrons. The van der Waals surface area contributed by atoms with Crippen molar-refractivity contribution in [1.29, 1.82) is 0 Å². The zero-order chi connectivity index (χ0) is 18.0. The van der Waals surface area contributed by atoms with E-state index in [1.165, 1.54) is 17.2 Å². The third kappa shape index (κ3) is 4.34. The third-order valence-corrected chi connectivity index (χ3v) is 5.15. The molecular weight excluding hydrogens is 349 g/mol. The summed E-state index contributed by atoms with van der Waals surface area (Å²) >= 11 is 1.13. The van der Waals surface area contributed by atoms with Crippen LogP contribution in [0.25, 0.3) is 0 Å². The van der Waals surface area contributed by atoms with E-state index in [1.54, 1.807) is 6.92 Å². The first-order valence-electron chi connectivity index (χ1n) is 7.95. The van der Waals surface area contributed by atoms with Crippen molar-refractivity contribution >= 4 is 23.4 Å². The lowest BCUT2D eigenvalue weighted by Crippen LogP contribution is -2.22. The largest absolute Gasteiger partial charge is 0.417 e. The van der Waals surface area contributed by atoms with Crippen molar-refractivity contribution in [3.05, 3.63) is 53.2 Å². The Bertz CT molecular complexity index is 775. The second-order valence-corrected chi connectivity index (χ2v) is 7.33. The number of nitrogens with zero attached hydrogens (tertiary/aromatic N) is 1. The van der Waals surface area contributed by atoms with Crippen molar-refractivity contribution in [3.63, 3.8) is 0 Å². The SMILES string of the molecule is CC(Sc1ccc(C(F)(F)F)cn1)C(=O)Nc1ccc2c(c1)CCC2. The Morgan fingerprint density at radius 3 is 2.64 bits per heavy atom. The summed E-state index contributed by atoms with van der Waals surface area (Å²) in [6, 6.07) is 8.17. The van der Waals surface area contributed by atoms with Crippen molar-refractivity contribution in [1.82, 2.24) is 4.98 Å². The molecule has 3 rings (SSSR count). The molecule has 0 aliphatic heterocycles. The Labute approximate surface area is 148 Å². The minimum absolute atomic E-state index is 0.204. The molecule has 1 aromatic heterocycles. The average Bonchev–Trinajstić information content (AvgIpc) is 3.02. The van der Waals surface area contributed by atoms with Gasteiger partial charge in [-0.3, -0.25) is 4.79 Å². The maximum atomic E-state index is 12.5. The monoisotopic (exact) mass is 366 g/mol. The van der Waals surface area contributed by atoms with Gasteiger partial charge in [0.15, 0.2) is 0 Å². The van der Waals surface area contributed by atoms with Crippen LogP contribution in [0.5, 0.6) is 0 Å². The number of thioether (sulfide) groups is 1. The fraction of sp³-hybridized carbons (Fsp3) is 0.333. The first kappa shape index (κ1) is 17.8. The third-order valence-electron chi connectivity index (χ3n) is 4.10. The van der Waals surface area contributed by atoms with E-state index in [4.69, 9.17) is 0 Å². The quantitative estimate of drug-likeness (QED) is 0.797. The molecule has 3 nitrogen and oxygen atoms in total. The number of amides is 1. The number of fused-ring (bicyclic) bond motifs is 1. The minimum Gasteiger partial charge on any atom is -0.325 e. The molecule has 0 fully saturated rings. The molecule has 1 heterocycles. The number of pyridine rings is 1. The number of aromatic nitrogens is 1. The normalized spacial score (nSPS) is 14.9. The van der Waals surface area contributed by atoms with Crippen molar-refractivity contribution in [2.24, 2.45) is 0 Å². The lowest BCUT2D eigenvalue weighted by Gasteiger charge is -2.13. The molecule has 1 aromatic carbocycles. The van der Waals surface area contributed by atoms with Crippen LogP contribution in [0.4, 0.5) is 18.9 Å². The van der Waals surface area contributed by atoms with Gasteiger partial charge in [0.2, 0.25) is 5.91 Å². The Morgan fingerprint density at radius 1 is 1.20 bits per heavy atom. The Balaban J connectivity index is 1.61. The van der Waals surface area contributed by atoms with E-state index in [9.17, 15) is 18.0 Å². The number of alkyl halides is 3. The maximum Gasteiger partial charge on any atom is 0.417 e. The molecular formula is C18H17F3N2OS. The summed E-state index contributed by atoms with van der Waals surface area (Å²) < 4.78 is 37.6. The van der Waals surface area contributed by atoms with E-state index >= 15 is 0 Å². The van der Waals surface area contributed by atoms with Crippen molar-refractivity contribution in [3.8, 4) is 0 Å². The lowest BCUT2D eigenvalue weighted by atomic mass is 10.1. The number of hydrogen-bond acceptors (Lipinski definition) is 3. The van der Waals surface area contributed by atoms with Gasteiger partial charge in [0.25, 0.3) is 0 Å². The standard InChI is InChI=1S/C18H17F3N2OS/c1-11(25-16-8-6-14(10-22-16)18(19,20)21)17(24)23-15-7-5-12-3-2-4-13(12)9-15/h5-11H,2-4H2,1H3,(H,23,24). The molecule has 25 heavy (non-hydrogen) atoms. The predicted molar refractivity (Wildman–Crippen MR) is 91.7 cm³/mol. The average molecular weight is 366 g/mol. The van der Waals surface area contributed by atoms with Gasteiger partial charge in [-0.25, -0.2) is 4.98 Å². The summed E-state index contributed by atoms with van der Waals surface area (Å²) in [7, 11) is 0. The second kappa shape index (κ2) is 7.07. The number of carbonyl (C=O) groups excluding carboxylic acids is 1. The highest BCUT2D eigenvalue weighted by atomic mass is 32.2. The first-order valence-corrected chi connectivity index (χ1v) is 8.83. The second-order valence-electron chi connectivity index (χ2n) is 5.97. The highest BCUT2D eigenvalue weighted by Crippen LogP contribution is 2.31. The molecule has 0 spiro atoms. The summed E-state index contributed by atoms with van der Waals surface area (Å²) in [6.45, 7) is 1.70. The van der Waals surface area contributed by atoms with Gasteiger partial charge in [-0.15, -0.1) is 0 Å². The molecule has 1 atom stereocenters. The maximum absolute atomic E-state index is 12.5. The number of aryl methyl sites for hydroxylation is 2. The summed E-state index contributed by atoms with van der Waals surface area (Å²) in [5.74, 6) is -0.204. The van der Waals surface area contributed by atoms with Gasteiger partial charge in [-0.05, 0) is 61.6 Å². The fourth-order valence-corrected chi connectivity index (χ4v) is 3.53. The molecule has 1 unspecified atom stereocenters. The van der Waals surface area contributed by atoms with Crippen molar-refractivity contribution in [2.75, 3.05) is 5.32 Å². The van der Waals surface area contributed by atoms with Crippen LogP contribution in [0.15, 0.2) is 41.6 Å². The Morgan fingerprint density at radius 2 is 1.96 bits per heavy atom. The summed E-state index contributed by atoms with van der Waals surface area (Å²) in [5, 5.41) is 2.76. The van der Waals surface area contributed by atoms with Crippen LogP contribution in [0.2, 0.25) is 0 Å². The topological polar surface area (TPSA) is 42.0 Å². The Kier molecular flexibility index (Phi) is 5.03. The number of anilines is 1. The Hall–Kier alpha value is -2.02. The van der Waals surface area contributed by atoms with E-state index in [1.807, 2.05) is 18.2 Å². The number of benzene rings is 1. The van der Waals surface area contributed by atoms with Crippen molar-refractivity contribution < 1.29 is 18.0 Å². The molecule has 0 saturated carbocycles. The van der Waals surface area contributed by atoms with E-state index in [0.29, 0.717) is 5.03 Å². The molecule has 0 saturated heterocycles. The summed E-state index contributed by atoms with van der Waals surface area (Å²) in [5.41, 5.74) is 2.54. The molecule has 1 amide bonds. The van der Waals surface area contributed by atoms with E-state index in [0.717, 1.165) is 49.0 Å². The van der Waals surface area contributed by atoms with Crippen LogP contribution in [-0.4, -0.2) is 16.1 Å². The van der Waals surface area contributed by atoms with Gasteiger partial charge in [-0.2, -0.15) is 13.2 Å². The zero-order valence-corrected chi connectivity index (χ0v) is 14.4. The highest BCUT2D eigenvalue weighted by Gasteiger charge is 2.30. The molecule has 1 aliphatic carbocycles. The van der Waals surface area contributed by atoms with Gasteiger partial charge in [0.05, 0.1) is 15.8 Å². The molecule has 1 N–H and O–H groups in total. The first-order chi connectivity index (χ1) is 11.8. The van der Waals surface area contributed by atoms with Crippen LogP contribution < -0.4 is 5.32 Å². The van der Waals surface area contributed by atoms with Gasteiger partial charge in [0, 0.05) is 11.9 Å². The van der Waals surface area contributed by atoms with Crippen LogP contribution in [0.3, 0.4) is 0 Å². The van der Waals surface area contributed by atoms with E-state index in [-0.39, 0.29) is 5.91 Å². The van der Waals surface area contributed by atoms with Crippen LogP contribution in [0, 0.1) is 0 Å². The van der Waals surface area contributed by atoms with Gasteiger partial charge in [-0.1, -0.05) is 17.8 Å². The highest BCUT2D eigenvalue weighted by molar-refractivity contribution is 8.00. The molecule has 1 aliphatic rings. The van der Waals surface area contributed by atoms with E-state index in [2.05, 4.69) is 10.3 Å². The molecule has 132 valence electrons. The molecule has 7 heteroatoms. The molecule has 2 aromatic rings. The number of hydrogen-bond donors (Lipinski definition) is 1. The van der Waals surface area contributed by atoms with Gasteiger partial charge >= 0.3 is 6.18 Å².